The summed E-state index contributed by atoms with van der Waals surface area (Å²) in [6.45, 7) is 4.65. The Hall–Kier alpha value is -3.53. The zero-order valence-corrected chi connectivity index (χ0v) is 15.7. The number of esters is 1. The van der Waals surface area contributed by atoms with Gasteiger partial charge in [-0.3, -0.25) is 0 Å². The average molecular weight is 378 g/mol. The molecule has 144 valence electrons. The lowest BCUT2D eigenvalue weighted by atomic mass is 10.2. The minimum atomic E-state index is -0.408. The van der Waals surface area contributed by atoms with Crippen LogP contribution in [-0.4, -0.2) is 49.7 Å². The fourth-order valence-electron chi connectivity index (χ4n) is 3.06. The van der Waals surface area contributed by atoms with Crippen LogP contribution in [0.1, 0.15) is 22.8 Å². The van der Waals surface area contributed by atoms with E-state index in [1.54, 1.807) is 48.2 Å². The number of amides is 2. The van der Waals surface area contributed by atoms with Gasteiger partial charge in [0.05, 0.1) is 23.8 Å². The van der Waals surface area contributed by atoms with Crippen molar-refractivity contribution in [3.8, 4) is 6.07 Å². The number of piperazine rings is 1. The molecular weight excluding hydrogens is 356 g/mol. The van der Waals surface area contributed by atoms with E-state index in [0.717, 1.165) is 5.69 Å². The van der Waals surface area contributed by atoms with Crippen molar-refractivity contribution in [1.29, 1.82) is 5.26 Å². The quantitative estimate of drug-likeness (QED) is 0.827. The van der Waals surface area contributed by atoms with Crippen LogP contribution in [0.4, 0.5) is 16.2 Å². The van der Waals surface area contributed by atoms with Crippen molar-refractivity contribution in [2.45, 2.75) is 6.92 Å². The summed E-state index contributed by atoms with van der Waals surface area (Å²) in [5, 5.41) is 11.7. The van der Waals surface area contributed by atoms with Gasteiger partial charge < -0.3 is 19.9 Å². The van der Waals surface area contributed by atoms with Crippen LogP contribution in [0.2, 0.25) is 0 Å². The number of nitrogens with zero attached hydrogens (tertiary/aromatic N) is 3. The van der Waals surface area contributed by atoms with Gasteiger partial charge in [0.1, 0.15) is 0 Å². The highest BCUT2D eigenvalue weighted by molar-refractivity contribution is 5.94. The summed E-state index contributed by atoms with van der Waals surface area (Å²) in [7, 11) is 0. The van der Waals surface area contributed by atoms with Gasteiger partial charge in [0.2, 0.25) is 0 Å². The summed E-state index contributed by atoms with van der Waals surface area (Å²) in [6, 6.07) is 16.1. The third kappa shape index (κ3) is 4.60. The number of hydrogen-bond acceptors (Lipinski definition) is 5. The Morgan fingerprint density at radius 3 is 2.46 bits per heavy atom. The lowest BCUT2D eigenvalue weighted by molar-refractivity contribution is 0.0526. The van der Waals surface area contributed by atoms with Gasteiger partial charge in [-0.05, 0) is 49.4 Å². The van der Waals surface area contributed by atoms with Gasteiger partial charge in [-0.25, -0.2) is 9.59 Å². The van der Waals surface area contributed by atoms with Crippen LogP contribution in [0.3, 0.4) is 0 Å². The molecule has 0 bridgehead atoms. The Bertz CT molecular complexity index is 881. The number of nitriles is 1. The van der Waals surface area contributed by atoms with E-state index in [-0.39, 0.29) is 6.03 Å². The van der Waals surface area contributed by atoms with Gasteiger partial charge in [-0.1, -0.05) is 6.07 Å². The second-order valence-corrected chi connectivity index (χ2v) is 6.36. The van der Waals surface area contributed by atoms with Crippen LogP contribution in [0.15, 0.2) is 48.5 Å². The molecule has 0 radical (unpaired) electrons. The molecular formula is C21H22N4O3. The van der Waals surface area contributed by atoms with Crippen LogP contribution in [0.25, 0.3) is 0 Å². The Morgan fingerprint density at radius 1 is 1.11 bits per heavy atom. The van der Waals surface area contributed by atoms with Crippen LogP contribution in [0.5, 0.6) is 0 Å². The first-order chi connectivity index (χ1) is 13.6. The van der Waals surface area contributed by atoms with Crippen LogP contribution in [0, 0.1) is 11.3 Å². The molecule has 2 amide bonds. The van der Waals surface area contributed by atoms with Gasteiger partial charge in [0, 0.05) is 37.6 Å². The van der Waals surface area contributed by atoms with E-state index in [9.17, 15) is 9.59 Å². The molecule has 2 aromatic carbocycles. The van der Waals surface area contributed by atoms with E-state index >= 15 is 0 Å². The highest BCUT2D eigenvalue weighted by Crippen LogP contribution is 2.18. The lowest BCUT2D eigenvalue weighted by Gasteiger charge is -2.36. The molecule has 0 saturated carbocycles. The Balaban J connectivity index is 1.56. The fraction of sp³-hybridized carbons (Fsp3) is 0.286. The van der Waals surface area contributed by atoms with E-state index in [0.29, 0.717) is 49.6 Å². The maximum atomic E-state index is 12.5. The van der Waals surface area contributed by atoms with Crippen molar-refractivity contribution in [1.82, 2.24) is 4.90 Å². The molecule has 1 fully saturated rings. The molecule has 2 aromatic rings. The van der Waals surface area contributed by atoms with E-state index in [4.69, 9.17) is 10.00 Å². The van der Waals surface area contributed by atoms with Gasteiger partial charge in [-0.2, -0.15) is 5.26 Å². The highest BCUT2D eigenvalue weighted by Gasteiger charge is 2.21. The monoisotopic (exact) mass is 378 g/mol. The summed E-state index contributed by atoms with van der Waals surface area (Å²) < 4.78 is 4.99. The first-order valence-corrected chi connectivity index (χ1v) is 9.19. The lowest BCUT2D eigenvalue weighted by Crippen LogP contribution is -2.50. The fourth-order valence-corrected chi connectivity index (χ4v) is 3.06. The zero-order chi connectivity index (χ0) is 19.9. The first-order valence-electron chi connectivity index (χ1n) is 9.19. The molecule has 0 spiro atoms. The number of urea groups is 1. The molecule has 1 N–H and O–H groups in total. The molecule has 1 saturated heterocycles. The molecule has 3 rings (SSSR count). The van der Waals surface area contributed by atoms with Crippen LogP contribution >= 0.6 is 0 Å². The van der Waals surface area contributed by atoms with E-state index in [1.165, 1.54) is 0 Å². The van der Waals surface area contributed by atoms with Gasteiger partial charge in [-0.15, -0.1) is 0 Å². The maximum absolute atomic E-state index is 12.5. The average Bonchev–Trinajstić information content (AvgIpc) is 2.74. The van der Waals surface area contributed by atoms with Crippen molar-refractivity contribution in [3.63, 3.8) is 0 Å². The first kappa shape index (κ1) is 19.2. The number of ether oxygens (including phenoxy) is 1. The van der Waals surface area contributed by atoms with Crippen molar-refractivity contribution < 1.29 is 14.3 Å². The molecule has 0 unspecified atom stereocenters. The van der Waals surface area contributed by atoms with Crippen molar-refractivity contribution >= 4 is 23.4 Å². The maximum Gasteiger partial charge on any atom is 0.338 e. The van der Waals surface area contributed by atoms with Gasteiger partial charge in [0.25, 0.3) is 0 Å². The van der Waals surface area contributed by atoms with Crippen LogP contribution in [-0.2, 0) is 4.74 Å². The Morgan fingerprint density at radius 2 is 1.82 bits per heavy atom. The Kier molecular flexibility index (Phi) is 6.12. The number of rotatable bonds is 4. The van der Waals surface area contributed by atoms with E-state index in [1.807, 2.05) is 12.1 Å². The van der Waals surface area contributed by atoms with Crippen molar-refractivity contribution in [3.05, 3.63) is 59.7 Å². The molecule has 0 aliphatic carbocycles. The summed E-state index contributed by atoms with van der Waals surface area (Å²) >= 11 is 0. The molecule has 0 aromatic heterocycles. The zero-order valence-electron chi connectivity index (χ0n) is 15.7. The topological polar surface area (TPSA) is 85.7 Å². The summed E-state index contributed by atoms with van der Waals surface area (Å²) in [6.07, 6.45) is 0. The predicted molar refractivity (Wildman–Crippen MR) is 106 cm³/mol. The second kappa shape index (κ2) is 8.91. The third-order valence-corrected chi connectivity index (χ3v) is 4.55. The molecule has 1 aliphatic rings. The van der Waals surface area contributed by atoms with Crippen molar-refractivity contribution in [2.75, 3.05) is 43.0 Å². The Labute approximate surface area is 164 Å². The van der Waals surface area contributed by atoms with Crippen molar-refractivity contribution in [2.24, 2.45) is 0 Å². The molecule has 28 heavy (non-hydrogen) atoms. The number of anilines is 2. The third-order valence-electron chi connectivity index (χ3n) is 4.55. The normalized spacial score (nSPS) is 13.6. The molecule has 7 nitrogen and oxygen atoms in total. The van der Waals surface area contributed by atoms with E-state index < -0.39 is 5.97 Å². The highest BCUT2D eigenvalue weighted by atomic mass is 16.5. The minimum absolute atomic E-state index is 0.194. The van der Waals surface area contributed by atoms with Gasteiger partial charge >= 0.3 is 12.0 Å². The molecule has 0 atom stereocenters. The standard InChI is InChI=1S/C21H22N4O3/c1-2-28-20(26)17-4-3-5-18(14-17)23-21(27)25-12-10-24(11-13-25)19-8-6-16(15-22)7-9-19/h3-9,14H,2,10-13H2,1H3,(H,23,27). The second-order valence-electron chi connectivity index (χ2n) is 6.36. The SMILES string of the molecule is CCOC(=O)c1cccc(NC(=O)N2CCN(c3ccc(C#N)cc3)CC2)c1. The number of carbonyl (C=O) groups is 2. The number of nitrogens with one attached hydrogen (secondary N) is 1. The summed E-state index contributed by atoms with van der Waals surface area (Å²) in [4.78, 5) is 28.3. The number of hydrogen-bond donors (Lipinski definition) is 1. The minimum Gasteiger partial charge on any atom is -0.462 e. The number of carbonyl (C=O) groups excluding carboxylic acids is 2. The molecule has 7 heteroatoms. The number of benzene rings is 2. The molecule has 1 aliphatic heterocycles. The van der Waals surface area contributed by atoms with Gasteiger partial charge in [0.15, 0.2) is 0 Å². The summed E-state index contributed by atoms with van der Waals surface area (Å²) in [5.41, 5.74) is 2.64. The van der Waals surface area contributed by atoms with Crippen LogP contribution < -0.4 is 10.2 Å². The smallest absolute Gasteiger partial charge is 0.338 e. The predicted octanol–water partition coefficient (Wildman–Crippen LogP) is 3.09. The van der Waals surface area contributed by atoms with E-state index in [2.05, 4.69) is 16.3 Å². The molecule has 1 heterocycles. The largest absolute Gasteiger partial charge is 0.462 e. The summed E-state index contributed by atoms with van der Waals surface area (Å²) in [5.74, 6) is -0.408.